The summed E-state index contributed by atoms with van der Waals surface area (Å²) in [5, 5.41) is 2.12. The highest BCUT2D eigenvalue weighted by Crippen LogP contribution is 2.18. The van der Waals surface area contributed by atoms with Crippen LogP contribution in [0.25, 0.3) is 0 Å². The van der Waals surface area contributed by atoms with Gasteiger partial charge in [0.05, 0.1) is 0 Å². The predicted octanol–water partition coefficient (Wildman–Crippen LogP) is 0.939. The van der Waals surface area contributed by atoms with Gasteiger partial charge in [-0.1, -0.05) is 27.7 Å². The van der Waals surface area contributed by atoms with Gasteiger partial charge in [0.25, 0.3) is 0 Å². The van der Waals surface area contributed by atoms with Crippen LogP contribution in [0.15, 0.2) is 16.4 Å². The van der Waals surface area contributed by atoms with Crippen molar-refractivity contribution in [2.75, 3.05) is 0 Å². The fourth-order valence-electron chi connectivity index (χ4n) is 1.33. The van der Waals surface area contributed by atoms with Gasteiger partial charge in [-0.15, -0.1) is 0 Å². The standard InChI is InChI=1S/C9H16N2.H2O/c1-6(2)8-9(7(3)4)11-5-10-8;/h5-7H,1-4H3,(H,10,11);1H2. The molecule has 3 heteroatoms. The van der Waals surface area contributed by atoms with Gasteiger partial charge >= 0.3 is 0 Å². The van der Waals surface area contributed by atoms with Crippen LogP contribution >= 0.6 is 0 Å². The summed E-state index contributed by atoms with van der Waals surface area (Å²) in [6, 6.07) is 0. The number of nitrogens with zero attached hydrogens (tertiary/aromatic N) is 1. The van der Waals surface area contributed by atoms with Crippen molar-refractivity contribution >= 4 is 6.34 Å². The van der Waals surface area contributed by atoms with Crippen molar-refractivity contribution in [3.63, 3.8) is 0 Å². The minimum absolute atomic E-state index is 0. The highest BCUT2D eigenvalue weighted by Gasteiger charge is 2.20. The molecule has 0 aromatic heterocycles. The molecule has 3 N–H and O–H groups in total. The van der Waals surface area contributed by atoms with Gasteiger partial charge in [0, 0.05) is 11.8 Å². The van der Waals surface area contributed by atoms with Crippen LogP contribution in [0.2, 0.25) is 0 Å². The number of hydrogen-bond donors (Lipinski definition) is 1. The molecule has 0 amide bonds. The Kier molecular flexibility index (Phi) is 4.13. The van der Waals surface area contributed by atoms with E-state index in [9.17, 15) is 0 Å². The summed E-state index contributed by atoms with van der Waals surface area (Å²) in [6.07, 6.45) is 1.91. The number of hydrogen-bond acceptors (Lipinski definition) is 2. The van der Waals surface area contributed by atoms with Crippen LogP contribution in [-0.2, 0) is 0 Å². The Labute approximate surface area is 73.9 Å². The van der Waals surface area contributed by atoms with Crippen LogP contribution in [0, 0.1) is 11.8 Å². The number of nitrogens with two attached hydrogens (primary N) is 1. The first-order chi connectivity index (χ1) is 5.13. The van der Waals surface area contributed by atoms with Crippen LogP contribution in [0.1, 0.15) is 27.7 Å². The van der Waals surface area contributed by atoms with E-state index in [1.165, 1.54) is 11.4 Å². The smallest absolute Gasteiger partial charge is 0.191 e. The molecule has 0 unspecified atom stereocenters. The Balaban J connectivity index is 0.00000121. The molecule has 0 aromatic carbocycles. The van der Waals surface area contributed by atoms with Crippen LogP contribution < -0.4 is 5.32 Å². The topological polar surface area (TPSA) is 59.0 Å². The fourth-order valence-corrected chi connectivity index (χ4v) is 1.33. The Hall–Kier alpha value is -0.670. The van der Waals surface area contributed by atoms with Gasteiger partial charge in [-0.05, 0) is 0 Å². The zero-order valence-electron chi connectivity index (χ0n) is 8.20. The largest absolute Gasteiger partial charge is 0.870 e. The van der Waals surface area contributed by atoms with Gasteiger partial charge in [0.2, 0.25) is 0 Å². The molecule has 3 nitrogen and oxygen atoms in total. The van der Waals surface area contributed by atoms with E-state index in [0.29, 0.717) is 11.8 Å². The quantitative estimate of drug-likeness (QED) is 0.658. The first-order valence-electron chi connectivity index (χ1n) is 4.24. The van der Waals surface area contributed by atoms with Crippen molar-refractivity contribution in [3.05, 3.63) is 11.4 Å². The molecule has 12 heavy (non-hydrogen) atoms. The molecule has 1 heterocycles. The summed E-state index contributed by atoms with van der Waals surface area (Å²) >= 11 is 0. The van der Waals surface area contributed by atoms with Gasteiger partial charge in [-0.25, -0.2) is 4.99 Å². The predicted molar refractivity (Wildman–Crippen MR) is 49.1 cm³/mol. The second kappa shape index (κ2) is 4.38. The molecule has 1 aliphatic rings. The van der Waals surface area contributed by atoms with Gasteiger partial charge in [0.1, 0.15) is 11.4 Å². The number of allylic oxidation sites excluding steroid dienone is 2. The fraction of sp³-hybridized carbons (Fsp3) is 0.667. The van der Waals surface area contributed by atoms with Crippen molar-refractivity contribution in [2.24, 2.45) is 16.8 Å². The first-order valence-corrected chi connectivity index (χ1v) is 4.24. The SMILES string of the molecule is CC(C)C1=C(C(C)C)[NH2+]C=N1.[OH-]. The third-order valence-electron chi connectivity index (χ3n) is 1.93. The number of aliphatic imine (C=N–C) groups is 1. The molecule has 0 bridgehead atoms. The second-order valence-electron chi connectivity index (χ2n) is 3.59. The Morgan fingerprint density at radius 2 is 1.75 bits per heavy atom. The van der Waals surface area contributed by atoms with E-state index in [0.717, 1.165) is 0 Å². The lowest BCUT2D eigenvalue weighted by Gasteiger charge is -2.06. The molecule has 0 saturated heterocycles. The summed E-state index contributed by atoms with van der Waals surface area (Å²) in [5.74, 6) is 1.16. The van der Waals surface area contributed by atoms with Crippen LogP contribution in [-0.4, -0.2) is 11.8 Å². The highest BCUT2D eigenvalue weighted by molar-refractivity contribution is 5.50. The summed E-state index contributed by atoms with van der Waals surface area (Å²) in [4.78, 5) is 4.34. The molecule has 0 fully saturated rings. The molecule has 0 spiro atoms. The summed E-state index contributed by atoms with van der Waals surface area (Å²) in [7, 11) is 0. The van der Waals surface area contributed by atoms with Gasteiger partial charge in [0.15, 0.2) is 6.34 Å². The van der Waals surface area contributed by atoms with Crippen molar-refractivity contribution in [1.82, 2.24) is 0 Å². The van der Waals surface area contributed by atoms with Crippen LogP contribution in [0.3, 0.4) is 0 Å². The summed E-state index contributed by atoms with van der Waals surface area (Å²) in [6.45, 7) is 8.80. The molecule has 0 atom stereocenters. The van der Waals surface area contributed by atoms with E-state index in [1.807, 2.05) is 6.34 Å². The second-order valence-corrected chi connectivity index (χ2v) is 3.59. The maximum absolute atomic E-state index is 4.34. The van der Waals surface area contributed by atoms with Crippen molar-refractivity contribution < 1.29 is 10.8 Å². The van der Waals surface area contributed by atoms with Crippen molar-refractivity contribution in [1.29, 1.82) is 0 Å². The van der Waals surface area contributed by atoms with Gasteiger partial charge < -0.3 is 5.48 Å². The van der Waals surface area contributed by atoms with Crippen LogP contribution in [0.4, 0.5) is 0 Å². The summed E-state index contributed by atoms with van der Waals surface area (Å²) < 4.78 is 0. The third-order valence-corrected chi connectivity index (χ3v) is 1.93. The van der Waals surface area contributed by atoms with E-state index in [4.69, 9.17) is 0 Å². The van der Waals surface area contributed by atoms with Gasteiger partial charge in [-0.3, -0.25) is 5.32 Å². The van der Waals surface area contributed by atoms with Crippen molar-refractivity contribution in [2.45, 2.75) is 27.7 Å². The highest BCUT2D eigenvalue weighted by atomic mass is 16.0. The first kappa shape index (κ1) is 11.3. The molecule has 0 aliphatic carbocycles. The average molecular weight is 170 g/mol. The minimum atomic E-state index is 0. The Bertz CT molecular complexity index is 205. The molecule has 1 rings (SSSR count). The molecule has 0 radical (unpaired) electrons. The van der Waals surface area contributed by atoms with E-state index >= 15 is 0 Å². The van der Waals surface area contributed by atoms with Crippen molar-refractivity contribution in [3.8, 4) is 0 Å². The molecule has 70 valence electrons. The maximum atomic E-state index is 4.34. The lowest BCUT2D eigenvalue weighted by molar-refractivity contribution is -0.478. The molecule has 1 aliphatic heterocycles. The Morgan fingerprint density at radius 1 is 1.17 bits per heavy atom. The summed E-state index contributed by atoms with van der Waals surface area (Å²) in [5.41, 5.74) is 2.67. The van der Waals surface area contributed by atoms with E-state index in [2.05, 4.69) is 38.0 Å². The monoisotopic (exact) mass is 170 g/mol. The maximum Gasteiger partial charge on any atom is 0.191 e. The molecular formula is C9H18N2O. The van der Waals surface area contributed by atoms with Gasteiger partial charge in [-0.2, -0.15) is 0 Å². The number of quaternary nitrogens is 1. The normalized spacial score (nSPS) is 16.2. The zero-order valence-corrected chi connectivity index (χ0v) is 8.20. The molecule has 0 aromatic rings. The van der Waals surface area contributed by atoms with E-state index in [1.54, 1.807) is 0 Å². The Morgan fingerprint density at radius 3 is 2.08 bits per heavy atom. The third kappa shape index (κ3) is 2.16. The molecule has 0 saturated carbocycles. The van der Waals surface area contributed by atoms with E-state index < -0.39 is 0 Å². The lowest BCUT2D eigenvalue weighted by Crippen LogP contribution is -2.80. The lowest BCUT2D eigenvalue weighted by atomic mass is 10.0. The minimum Gasteiger partial charge on any atom is -0.870 e. The molecular weight excluding hydrogens is 152 g/mol. The number of rotatable bonds is 2. The average Bonchev–Trinajstić information content (AvgIpc) is 2.32. The van der Waals surface area contributed by atoms with Crippen LogP contribution in [0.5, 0.6) is 0 Å². The van der Waals surface area contributed by atoms with E-state index in [-0.39, 0.29) is 5.48 Å². The zero-order chi connectivity index (χ0) is 8.43.